The summed E-state index contributed by atoms with van der Waals surface area (Å²) in [6, 6.07) is 23.7. The monoisotopic (exact) mass is 595 g/mol. The van der Waals surface area contributed by atoms with Gasteiger partial charge < -0.3 is 20.2 Å². The number of carboxylic acid groups (broad SMARTS) is 1. The number of nitrogens with zero attached hydrogens (tertiary/aromatic N) is 2. The Balaban J connectivity index is 1.24. The Morgan fingerprint density at radius 1 is 0.930 bits per heavy atom. The van der Waals surface area contributed by atoms with Crippen molar-refractivity contribution in [3.63, 3.8) is 0 Å². The second kappa shape index (κ2) is 11.1. The molecule has 3 aromatic carbocycles. The number of fused-ring (bicyclic) bond motifs is 2. The highest BCUT2D eigenvalue weighted by molar-refractivity contribution is 7.92. The van der Waals surface area contributed by atoms with Crippen LogP contribution in [0.5, 0.6) is 0 Å². The SMILES string of the molecule is NCc1ccc2c(c1)C1(CCN(C(=O)c3ccc(C#Cc4ccccc4)o3)CC1)CN2S(=O)(=O)c1cccc(C(=O)O)c1. The smallest absolute Gasteiger partial charge is 0.335 e. The van der Waals surface area contributed by atoms with E-state index in [-0.39, 0.29) is 28.7 Å². The molecular formula is C33H29N3O6S. The van der Waals surface area contributed by atoms with Crippen LogP contribution in [0.4, 0.5) is 5.69 Å². The van der Waals surface area contributed by atoms with Crippen molar-refractivity contribution in [2.24, 2.45) is 5.73 Å². The number of hydrogen-bond acceptors (Lipinski definition) is 6. The third kappa shape index (κ3) is 5.29. The summed E-state index contributed by atoms with van der Waals surface area (Å²) in [6.45, 7) is 1.28. The van der Waals surface area contributed by atoms with Gasteiger partial charge in [0.15, 0.2) is 11.5 Å². The summed E-state index contributed by atoms with van der Waals surface area (Å²) in [6.07, 6.45) is 1.06. The van der Waals surface area contributed by atoms with Gasteiger partial charge in [0.05, 0.1) is 16.1 Å². The van der Waals surface area contributed by atoms with Crippen molar-refractivity contribution in [2.45, 2.75) is 29.7 Å². The van der Waals surface area contributed by atoms with Crippen LogP contribution in [0.2, 0.25) is 0 Å². The molecule has 43 heavy (non-hydrogen) atoms. The van der Waals surface area contributed by atoms with E-state index in [2.05, 4.69) is 11.8 Å². The van der Waals surface area contributed by atoms with Gasteiger partial charge in [-0.05, 0) is 78.4 Å². The van der Waals surface area contributed by atoms with Gasteiger partial charge >= 0.3 is 5.97 Å². The molecule has 3 N–H and O–H groups in total. The number of hydrogen-bond donors (Lipinski definition) is 2. The Morgan fingerprint density at radius 3 is 2.42 bits per heavy atom. The normalized spacial score (nSPS) is 15.6. The minimum Gasteiger partial charge on any atom is -0.478 e. The number of carboxylic acids is 1. The van der Waals surface area contributed by atoms with Gasteiger partial charge in [-0.15, -0.1) is 0 Å². The van der Waals surface area contributed by atoms with E-state index in [9.17, 15) is 23.1 Å². The van der Waals surface area contributed by atoms with Crippen molar-refractivity contribution in [2.75, 3.05) is 23.9 Å². The molecule has 1 saturated heterocycles. The van der Waals surface area contributed by atoms with Crippen LogP contribution in [0.1, 0.15) is 56.2 Å². The van der Waals surface area contributed by atoms with Crippen LogP contribution in [0.25, 0.3) is 0 Å². The number of carbonyl (C=O) groups is 2. The van der Waals surface area contributed by atoms with Gasteiger partial charge in [0, 0.05) is 37.2 Å². The third-order valence-electron chi connectivity index (χ3n) is 8.18. The molecule has 2 aliphatic heterocycles. The predicted octanol–water partition coefficient (Wildman–Crippen LogP) is 4.22. The Hall–Kier alpha value is -4.85. The maximum absolute atomic E-state index is 13.9. The average Bonchev–Trinajstić information content (AvgIpc) is 3.64. The van der Waals surface area contributed by atoms with Crippen molar-refractivity contribution in [3.8, 4) is 11.8 Å². The van der Waals surface area contributed by atoms with E-state index in [4.69, 9.17) is 10.2 Å². The molecule has 3 heterocycles. The first kappa shape index (κ1) is 28.3. The molecule has 0 radical (unpaired) electrons. The molecule has 9 nitrogen and oxygen atoms in total. The predicted molar refractivity (Wildman–Crippen MR) is 160 cm³/mol. The third-order valence-corrected chi connectivity index (χ3v) is 9.94. The summed E-state index contributed by atoms with van der Waals surface area (Å²) >= 11 is 0. The summed E-state index contributed by atoms with van der Waals surface area (Å²) in [5, 5.41) is 9.42. The lowest BCUT2D eigenvalue weighted by atomic mass is 9.74. The Labute approximate surface area is 249 Å². The fourth-order valence-electron chi connectivity index (χ4n) is 5.83. The van der Waals surface area contributed by atoms with E-state index < -0.39 is 21.4 Å². The van der Waals surface area contributed by atoms with Gasteiger partial charge in [0.2, 0.25) is 0 Å². The molecule has 1 spiro atoms. The number of piperidine rings is 1. The van der Waals surface area contributed by atoms with Gasteiger partial charge in [-0.1, -0.05) is 42.3 Å². The Kier molecular flexibility index (Phi) is 7.30. The van der Waals surface area contributed by atoms with Crippen molar-refractivity contribution in [3.05, 3.63) is 119 Å². The number of sulfonamides is 1. The quantitative estimate of drug-likeness (QED) is 0.330. The second-order valence-corrected chi connectivity index (χ2v) is 12.6. The molecule has 6 rings (SSSR count). The van der Waals surface area contributed by atoms with E-state index in [0.717, 1.165) is 16.7 Å². The number of furan rings is 1. The zero-order valence-corrected chi connectivity index (χ0v) is 24.0. The van der Waals surface area contributed by atoms with E-state index >= 15 is 0 Å². The molecule has 0 bridgehead atoms. The van der Waals surface area contributed by atoms with Crippen molar-refractivity contribution in [1.82, 2.24) is 4.90 Å². The van der Waals surface area contributed by atoms with Crippen molar-refractivity contribution < 1.29 is 27.5 Å². The number of nitrogens with two attached hydrogens (primary N) is 1. The summed E-state index contributed by atoms with van der Waals surface area (Å²) < 4.78 is 34.9. The van der Waals surface area contributed by atoms with Crippen LogP contribution in [-0.4, -0.2) is 49.9 Å². The molecule has 2 aliphatic rings. The van der Waals surface area contributed by atoms with Gasteiger partial charge in [0.25, 0.3) is 15.9 Å². The molecule has 0 unspecified atom stereocenters. The van der Waals surface area contributed by atoms with Crippen LogP contribution in [0.15, 0.2) is 94.2 Å². The summed E-state index contributed by atoms with van der Waals surface area (Å²) in [7, 11) is -4.07. The second-order valence-electron chi connectivity index (χ2n) is 10.8. The lowest BCUT2D eigenvalue weighted by molar-refractivity contribution is 0.0641. The van der Waals surface area contributed by atoms with Crippen LogP contribution in [-0.2, 0) is 22.0 Å². The highest BCUT2D eigenvalue weighted by atomic mass is 32.2. The number of benzene rings is 3. The van der Waals surface area contributed by atoms with Crippen molar-refractivity contribution in [1.29, 1.82) is 0 Å². The maximum Gasteiger partial charge on any atom is 0.335 e. The number of likely N-dealkylation sites (tertiary alicyclic amines) is 1. The molecule has 1 aromatic heterocycles. The zero-order valence-electron chi connectivity index (χ0n) is 23.2. The molecular weight excluding hydrogens is 566 g/mol. The summed E-state index contributed by atoms with van der Waals surface area (Å²) in [5.41, 5.74) is 8.44. The zero-order chi connectivity index (χ0) is 30.2. The van der Waals surface area contributed by atoms with Gasteiger partial charge in [-0.2, -0.15) is 0 Å². The number of amides is 1. The first-order valence-corrected chi connectivity index (χ1v) is 15.3. The van der Waals surface area contributed by atoms with Crippen molar-refractivity contribution >= 4 is 27.6 Å². The minimum atomic E-state index is -4.07. The van der Waals surface area contributed by atoms with E-state index in [0.29, 0.717) is 43.9 Å². The van der Waals surface area contributed by atoms with Gasteiger partial charge in [-0.3, -0.25) is 9.10 Å². The van der Waals surface area contributed by atoms with Gasteiger partial charge in [0.1, 0.15) is 0 Å². The molecule has 0 atom stereocenters. The van der Waals surface area contributed by atoms with Crippen LogP contribution in [0.3, 0.4) is 0 Å². The molecule has 1 fully saturated rings. The van der Waals surface area contributed by atoms with Gasteiger partial charge in [-0.25, -0.2) is 13.2 Å². The molecule has 0 aliphatic carbocycles. The minimum absolute atomic E-state index is 0.0881. The fourth-order valence-corrected chi connectivity index (χ4v) is 7.44. The Bertz CT molecular complexity index is 1880. The maximum atomic E-state index is 13.9. The highest BCUT2D eigenvalue weighted by Crippen LogP contribution is 2.49. The first-order chi connectivity index (χ1) is 20.7. The number of aromatic carboxylic acids is 1. The largest absolute Gasteiger partial charge is 0.478 e. The molecule has 0 saturated carbocycles. The Morgan fingerprint density at radius 2 is 1.70 bits per heavy atom. The fraction of sp³-hybridized carbons (Fsp3) is 0.212. The molecule has 218 valence electrons. The molecule has 10 heteroatoms. The number of rotatable bonds is 5. The molecule has 1 amide bonds. The molecule has 4 aromatic rings. The number of anilines is 1. The van der Waals surface area contributed by atoms with E-state index in [1.807, 2.05) is 42.5 Å². The number of carbonyl (C=O) groups excluding carboxylic acids is 1. The van der Waals surface area contributed by atoms with Crippen LogP contribution in [0, 0.1) is 11.8 Å². The average molecular weight is 596 g/mol. The lowest BCUT2D eigenvalue weighted by Gasteiger charge is -2.39. The standard InChI is InChI=1S/C33H29N3O6S/c34-21-24-10-13-29-28(19-24)33(22-36(29)43(40,41)27-8-4-7-25(20-27)32(38)39)15-17-35(18-16-33)31(37)30-14-12-26(42-30)11-9-23-5-2-1-3-6-23/h1-8,10,12-14,19-20H,15-18,21-22,34H2,(H,38,39). The lowest BCUT2D eigenvalue weighted by Crippen LogP contribution is -2.47. The first-order valence-electron chi connectivity index (χ1n) is 13.9. The highest BCUT2D eigenvalue weighted by Gasteiger charge is 2.49. The van der Waals surface area contributed by atoms with E-state index in [1.54, 1.807) is 23.1 Å². The van der Waals surface area contributed by atoms with E-state index in [1.165, 1.54) is 28.6 Å². The summed E-state index contributed by atoms with van der Waals surface area (Å²) in [5.74, 6) is 5.12. The topological polar surface area (TPSA) is 134 Å². The summed E-state index contributed by atoms with van der Waals surface area (Å²) in [4.78, 5) is 26.5. The van der Waals surface area contributed by atoms with Crippen LogP contribution < -0.4 is 10.0 Å². The van der Waals surface area contributed by atoms with Crippen LogP contribution >= 0.6 is 0 Å².